The van der Waals surface area contributed by atoms with Gasteiger partial charge >= 0.3 is 0 Å². The number of hydrogen-bond acceptors (Lipinski definition) is 2. The first-order chi connectivity index (χ1) is 7.83. The summed E-state index contributed by atoms with van der Waals surface area (Å²) < 4.78 is 0. The Morgan fingerprint density at radius 1 is 1.38 bits per heavy atom. The van der Waals surface area contributed by atoms with Gasteiger partial charge in [0.05, 0.1) is 12.0 Å². The van der Waals surface area contributed by atoms with Crippen LogP contribution in [0.1, 0.15) is 25.3 Å². The third-order valence-electron chi connectivity index (χ3n) is 3.41. The molecule has 0 spiro atoms. The van der Waals surface area contributed by atoms with Gasteiger partial charge in [0.1, 0.15) is 0 Å². The highest BCUT2D eigenvalue weighted by atomic mass is 15.2. The molecule has 0 N–H and O–H groups in total. The Labute approximate surface area is 97.5 Å². The van der Waals surface area contributed by atoms with Crippen LogP contribution in [0.15, 0.2) is 30.3 Å². The lowest BCUT2D eigenvalue weighted by Crippen LogP contribution is -2.28. The molecule has 0 bridgehead atoms. The standard InChI is InChI=1S/C14H18N2/c1-2-14-8-13(9-15)11-16(14)10-12-6-4-3-5-7-12/h3-7,13-14H,2,8,10-11H2,1H3. The molecule has 2 heteroatoms. The minimum Gasteiger partial charge on any atom is -0.295 e. The number of likely N-dealkylation sites (tertiary alicyclic amines) is 1. The van der Waals surface area contributed by atoms with Crippen LogP contribution in [-0.4, -0.2) is 17.5 Å². The quantitative estimate of drug-likeness (QED) is 0.773. The number of rotatable bonds is 3. The van der Waals surface area contributed by atoms with Crippen molar-refractivity contribution < 1.29 is 0 Å². The fourth-order valence-corrected chi connectivity index (χ4v) is 2.51. The summed E-state index contributed by atoms with van der Waals surface area (Å²) in [6.07, 6.45) is 2.19. The lowest BCUT2D eigenvalue weighted by molar-refractivity contribution is 0.238. The van der Waals surface area contributed by atoms with Crippen LogP contribution in [0.4, 0.5) is 0 Å². The van der Waals surface area contributed by atoms with Crippen LogP contribution >= 0.6 is 0 Å². The molecular weight excluding hydrogens is 196 g/mol. The summed E-state index contributed by atoms with van der Waals surface area (Å²) in [5.41, 5.74) is 1.35. The zero-order chi connectivity index (χ0) is 11.4. The fraction of sp³-hybridized carbons (Fsp3) is 0.500. The molecule has 0 aliphatic carbocycles. The summed E-state index contributed by atoms with van der Waals surface area (Å²) in [7, 11) is 0. The zero-order valence-electron chi connectivity index (χ0n) is 9.76. The number of nitriles is 1. The van der Waals surface area contributed by atoms with Crippen molar-refractivity contribution in [3.05, 3.63) is 35.9 Å². The molecule has 1 aromatic rings. The van der Waals surface area contributed by atoms with Gasteiger partial charge in [-0.2, -0.15) is 5.26 Å². The van der Waals surface area contributed by atoms with E-state index in [4.69, 9.17) is 5.26 Å². The highest BCUT2D eigenvalue weighted by molar-refractivity contribution is 5.15. The molecule has 1 aromatic carbocycles. The minimum absolute atomic E-state index is 0.230. The predicted octanol–water partition coefficient (Wildman–Crippen LogP) is 2.81. The van der Waals surface area contributed by atoms with Crippen molar-refractivity contribution in [2.45, 2.75) is 32.4 Å². The molecule has 2 atom stereocenters. The number of benzene rings is 1. The Kier molecular flexibility index (Phi) is 3.58. The van der Waals surface area contributed by atoms with Crippen molar-refractivity contribution in [3.63, 3.8) is 0 Å². The SMILES string of the molecule is CCC1CC(C#N)CN1Cc1ccccc1. The number of hydrogen-bond donors (Lipinski definition) is 0. The first-order valence-electron chi connectivity index (χ1n) is 6.01. The van der Waals surface area contributed by atoms with Crippen LogP contribution in [0.3, 0.4) is 0 Å². The second kappa shape index (κ2) is 5.14. The Morgan fingerprint density at radius 3 is 2.75 bits per heavy atom. The molecule has 1 saturated heterocycles. The summed E-state index contributed by atoms with van der Waals surface area (Å²) >= 11 is 0. The molecule has 2 nitrogen and oxygen atoms in total. The summed E-state index contributed by atoms with van der Waals surface area (Å²) in [6, 6.07) is 13.5. The Bertz CT molecular complexity index is 366. The molecule has 1 aliphatic heterocycles. The average molecular weight is 214 g/mol. The topological polar surface area (TPSA) is 27.0 Å². The fourth-order valence-electron chi connectivity index (χ4n) is 2.51. The van der Waals surface area contributed by atoms with E-state index in [0.717, 1.165) is 25.9 Å². The second-order valence-corrected chi connectivity index (χ2v) is 4.54. The van der Waals surface area contributed by atoms with E-state index in [1.165, 1.54) is 5.56 Å². The van der Waals surface area contributed by atoms with Gasteiger partial charge in [0.15, 0.2) is 0 Å². The van der Waals surface area contributed by atoms with Crippen molar-refractivity contribution in [1.82, 2.24) is 4.90 Å². The van der Waals surface area contributed by atoms with Crippen molar-refractivity contribution >= 4 is 0 Å². The third kappa shape index (κ3) is 2.43. The van der Waals surface area contributed by atoms with Crippen LogP contribution < -0.4 is 0 Å². The van der Waals surface area contributed by atoms with Gasteiger partial charge in [-0.1, -0.05) is 37.3 Å². The van der Waals surface area contributed by atoms with Crippen molar-refractivity contribution in [3.8, 4) is 6.07 Å². The van der Waals surface area contributed by atoms with Gasteiger partial charge in [-0.3, -0.25) is 4.90 Å². The zero-order valence-corrected chi connectivity index (χ0v) is 9.76. The van der Waals surface area contributed by atoms with E-state index in [2.05, 4.69) is 42.2 Å². The molecule has 0 amide bonds. The van der Waals surface area contributed by atoms with Crippen LogP contribution in [0.5, 0.6) is 0 Å². The Balaban J connectivity index is 2.02. The lowest BCUT2D eigenvalue weighted by Gasteiger charge is -2.22. The normalized spacial score (nSPS) is 25.5. The van der Waals surface area contributed by atoms with Gasteiger partial charge in [-0.05, 0) is 18.4 Å². The van der Waals surface area contributed by atoms with Gasteiger partial charge in [0.2, 0.25) is 0 Å². The van der Waals surface area contributed by atoms with Crippen LogP contribution in [0.25, 0.3) is 0 Å². The highest BCUT2D eigenvalue weighted by Gasteiger charge is 2.30. The predicted molar refractivity (Wildman–Crippen MR) is 64.7 cm³/mol. The van der Waals surface area contributed by atoms with Gasteiger partial charge in [0.25, 0.3) is 0 Å². The van der Waals surface area contributed by atoms with Crippen LogP contribution in [0, 0.1) is 17.2 Å². The molecule has 1 aliphatic rings. The van der Waals surface area contributed by atoms with E-state index < -0.39 is 0 Å². The van der Waals surface area contributed by atoms with Gasteiger partial charge < -0.3 is 0 Å². The van der Waals surface area contributed by atoms with Crippen LogP contribution in [-0.2, 0) is 6.54 Å². The van der Waals surface area contributed by atoms with Crippen molar-refractivity contribution in [2.75, 3.05) is 6.54 Å². The maximum atomic E-state index is 8.99. The lowest BCUT2D eigenvalue weighted by atomic mass is 10.1. The summed E-state index contributed by atoms with van der Waals surface area (Å²) in [5, 5.41) is 8.99. The molecule has 0 saturated carbocycles. The Morgan fingerprint density at radius 2 is 2.12 bits per heavy atom. The average Bonchev–Trinajstić information content (AvgIpc) is 2.73. The number of nitrogens with zero attached hydrogens (tertiary/aromatic N) is 2. The maximum absolute atomic E-state index is 8.99. The first-order valence-corrected chi connectivity index (χ1v) is 6.01. The molecular formula is C14H18N2. The maximum Gasteiger partial charge on any atom is 0.0669 e. The monoisotopic (exact) mass is 214 g/mol. The van der Waals surface area contributed by atoms with Gasteiger partial charge in [-0.25, -0.2) is 0 Å². The van der Waals surface area contributed by atoms with Gasteiger partial charge in [-0.15, -0.1) is 0 Å². The molecule has 2 unspecified atom stereocenters. The summed E-state index contributed by atoms with van der Waals surface area (Å²) in [6.45, 7) is 4.13. The van der Waals surface area contributed by atoms with E-state index in [1.54, 1.807) is 0 Å². The van der Waals surface area contributed by atoms with Gasteiger partial charge in [0, 0.05) is 19.1 Å². The molecule has 0 aromatic heterocycles. The molecule has 1 fully saturated rings. The smallest absolute Gasteiger partial charge is 0.0669 e. The minimum atomic E-state index is 0.230. The van der Waals surface area contributed by atoms with E-state index >= 15 is 0 Å². The molecule has 0 radical (unpaired) electrons. The molecule has 84 valence electrons. The third-order valence-corrected chi connectivity index (χ3v) is 3.41. The van der Waals surface area contributed by atoms with E-state index in [0.29, 0.717) is 6.04 Å². The Hall–Kier alpha value is -1.33. The summed E-state index contributed by atoms with van der Waals surface area (Å²) in [5.74, 6) is 0.230. The van der Waals surface area contributed by atoms with E-state index in [9.17, 15) is 0 Å². The van der Waals surface area contributed by atoms with E-state index in [-0.39, 0.29) is 5.92 Å². The first kappa shape index (κ1) is 11.2. The molecule has 1 heterocycles. The molecule has 16 heavy (non-hydrogen) atoms. The largest absolute Gasteiger partial charge is 0.295 e. The van der Waals surface area contributed by atoms with Crippen molar-refractivity contribution in [1.29, 1.82) is 5.26 Å². The van der Waals surface area contributed by atoms with Crippen LogP contribution in [0.2, 0.25) is 0 Å². The van der Waals surface area contributed by atoms with E-state index in [1.807, 2.05) is 6.07 Å². The molecule has 2 rings (SSSR count). The summed E-state index contributed by atoms with van der Waals surface area (Å²) in [4.78, 5) is 2.45. The highest BCUT2D eigenvalue weighted by Crippen LogP contribution is 2.26. The van der Waals surface area contributed by atoms with Crippen molar-refractivity contribution in [2.24, 2.45) is 5.92 Å². The second-order valence-electron chi connectivity index (χ2n) is 4.54.